The molecule has 3 unspecified atom stereocenters. The Morgan fingerprint density at radius 2 is 1.63 bits per heavy atom. The Labute approximate surface area is 288 Å². The highest BCUT2D eigenvalue weighted by Crippen LogP contribution is 2.46. The number of fused-ring (bicyclic) bond motifs is 2. The molecule has 2 N–H and O–H groups in total. The van der Waals surface area contributed by atoms with E-state index in [1.165, 1.54) is 32.7 Å². The third-order valence-corrected chi connectivity index (χ3v) is 9.22. The number of carbonyl (C=O) groups is 3. The molecular formula is C42H42N2O5. The maximum absolute atomic E-state index is 12.5. The van der Waals surface area contributed by atoms with Crippen LogP contribution in [0.15, 0.2) is 104 Å². The number of rotatable bonds is 5. The lowest BCUT2D eigenvalue weighted by Gasteiger charge is -2.35. The van der Waals surface area contributed by atoms with E-state index in [1.54, 1.807) is 37.3 Å². The van der Waals surface area contributed by atoms with E-state index in [0.717, 1.165) is 18.4 Å². The maximum atomic E-state index is 12.5. The quantitative estimate of drug-likeness (QED) is 0.135. The maximum Gasteiger partial charge on any atom is 0.255 e. The average Bonchev–Trinajstić information content (AvgIpc) is 3.44. The number of phenols is 1. The summed E-state index contributed by atoms with van der Waals surface area (Å²) in [5.74, 6) is 6.47. The van der Waals surface area contributed by atoms with E-state index < -0.39 is 11.9 Å². The fraction of sp³-hybridized carbons (Fsp3) is 0.262. The first-order valence-corrected chi connectivity index (χ1v) is 16.6. The average molecular weight is 655 g/mol. The van der Waals surface area contributed by atoms with Crippen molar-refractivity contribution in [2.75, 3.05) is 6.61 Å². The van der Waals surface area contributed by atoms with Crippen LogP contribution in [0, 0.1) is 18.8 Å². The Morgan fingerprint density at radius 1 is 0.878 bits per heavy atom. The van der Waals surface area contributed by atoms with Crippen molar-refractivity contribution in [2.45, 2.75) is 64.0 Å². The van der Waals surface area contributed by atoms with Gasteiger partial charge in [0.25, 0.3) is 5.91 Å². The Bertz CT molecular complexity index is 1870. The molecular weight excluding hydrogens is 612 g/mol. The summed E-state index contributed by atoms with van der Waals surface area (Å²) in [5.41, 5.74) is 8.32. The van der Waals surface area contributed by atoms with Gasteiger partial charge in [-0.05, 0) is 97.2 Å². The number of nitrogens with zero attached hydrogens (tertiary/aromatic N) is 1. The summed E-state index contributed by atoms with van der Waals surface area (Å²) in [5, 5.41) is 12.0. The van der Waals surface area contributed by atoms with Crippen molar-refractivity contribution in [1.29, 1.82) is 0 Å². The minimum atomic E-state index is -0.595. The van der Waals surface area contributed by atoms with Crippen molar-refractivity contribution in [1.82, 2.24) is 10.2 Å². The molecule has 0 saturated carbocycles. The van der Waals surface area contributed by atoms with Gasteiger partial charge in [0, 0.05) is 24.4 Å². The van der Waals surface area contributed by atoms with Crippen LogP contribution in [0.25, 0.3) is 0 Å². The molecule has 0 bridgehead atoms. The predicted octanol–water partition coefficient (Wildman–Crippen LogP) is 7.21. The number of nitrogens with one attached hydrogen (secondary N) is 1. The molecule has 7 heteroatoms. The molecule has 1 saturated heterocycles. The van der Waals surface area contributed by atoms with Crippen LogP contribution in [0.4, 0.5) is 0 Å². The molecule has 3 amide bonds. The number of hydrogen-bond donors (Lipinski definition) is 2. The van der Waals surface area contributed by atoms with Crippen molar-refractivity contribution in [3.8, 4) is 23.3 Å². The highest BCUT2D eigenvalue weighted by atomic mass is 16.5. The molecule has 3 atom stereocenters. The highest BCUT2D eigenvalue weighted by molar-refractivity contribution is 6.05. The van der Waals surface area contributed by atoms with Crippen molar-refractivity contribution < 1.29 is 24.2 Å². The van der Waals surface area contributed by atoms with Crippen LogP contribution in [0.5, 0.6) is 11.5 Å². The summed E-state index contributed by atoms with van der Waals surface area (Å²) in [6.45, 7) is 10.5. The molecule has 7 nitrogen and oxygen atoms in total. The minimum Gasteiger partial charge on any atom is -0.508 e. The second-order valence-corrected chi connectivity index (χ2v) is 12.3. The molecule has 49 heavy (non-hydrogen) atoms. The van der Waals surface area contributed by atoms with Crippen LogP contribution in [0.2, 0.25) is 0 Å². The molecule has 1 fully saturated rings. The number of imide groups is 1. The summed E-state index contributed by atoms with van der Waals surface area (Å²) in [6.07, 6.45) is 2.90. The van der Waals surface area contributed by atoms with E-state index in [-0.39, 0.29) is 18.2 Å². The second-order valence-electron chi connectivity index (χ2n) is 12.3. The van der Waals surface area contributed by atoms with Gasteiger partial charge in [-0.25, -0.2) is 0 Å². The number of carbonyl (C=O) groups excluding carboxylic acids is 3. The Kier molecular flexibility index (Phi) is 11.3. The molecule has 4 aromatic carbocycles. The fourth-order valence-corrected chi connectivity index (χ4v) is 6.93. The summed E-state index contributed by atoms with van der Waals surface area (Å²) < 4.78 is 5.50. The number of aryl methyl sites for hydroxylation is 2. The third-order valence-electron chi connectivity index (χ3n) is 9.22. The number of ether oxygens (including phenoxy) is 1. The first-order valence-electron chi connectivity index (χ1n) is 16.6. The summed E-state index contributed by atoms with van der Waals surface area (Å²) in [4.78, 5) is 37.2. The molecule has 3 aliphatic rings. The second kappa shape index (κ2) is 16.0. The van der Waals surface area contributed by atoms with Crippen LogP contribution in [0.1, 0.15) is 81.8 Å². The zero-order valence-corrected chi connectivity index (χ0v) is 28.1. The Balaban J connectivity index is 0.000000182. The number of piperidine rings is 1. The predicted molar refractivity (Wildman–Crippen MR) is 191 cm³/mol. The van der Waals surface area contributed by atoms with Gasteiger partial charge in [0.1, 0.15) is 24.1 Å². The lowest BCUT2D eigenvalue weighted by Crippen LogP contribution is -2.52. The largest absolute Gasteiger partial charge is 0.508 e. The van der Waals surface area contributed by atoms with Crippen LogP contribution in [-0.4, -0.2) is 40.4 Å². The smallest absolute Gasteiger partial charge is 0.255 e. The summed E-state index contributed by atoms with van der Waals surface area (Å²) in [7, 11) is 0. The molecule has 4 aromatic rings. The Morgan fingerprint density at radius 3 is 2.35 bits per heavy atom. The van der Waals surface area contributed by atoms with Gasteiger partial charge < -0.3 is 14.7 Å². The molecule has 0 aromatic heterocycles. The van der Waals surface area contributed by atoms with Gasteiger partial charge >= 0.3 is 0 Å². The number of hydrogen-bond acceptors (Lipinski definition) is 5. The minimum absolute atomic E-state index is 0.186. The standard InChI is InChI=1S/C23H22O.C17H16N2O4.C2H4/c1-16-7-13-22-19(15-16)10-14-21(17-5-3-2-4-6-17)23(22)18-8-11-20(24)12-9-18;1-2-3-8-23-12-4-5-13-11(9-12)10-19(17(13)22)14-6-7-15(20)18-16(14)21;1-2/h2-9,11-13,15,21,23-24H,10,14H2,1H3;4-5,9,14H,6-8,10H2,1H3,(H,18,20,21);1-2H2. The van der Waals surface area contributed by atoms with Gasteiger partial charge in [-0.3, -0.25) is 19.7 Å². The van der Waals surface area contributed by atoms with Gasteiger partial charge in [0.05, 0.1) is 0 Å². The lowest BCUT2D eigenvalue weighted by atomic mass is 9.69. The normalized spacial score (nSPS) is 19.0. The number of benzene rings is 4. The molecule has 0 spiro atoms. The van der Waals surface area contributed by atoms with Crippen molar-refractivity contribution in [2.24, 2.45) is 0 Å². The monoisotopic (exact) mass is 654 g/mol. The number of amides is 3. The third kappa shape index (κ3) is 7.93. The topological polar surface area (TPSA) is 95.9 Å². The van der Waals surface area contributed by atoms with Crippen molar-refractivity contribution in [3.05, 3.63) is 143 Å². The fourth-order valence-electron chi connectivity index (χ4n) is 6.93. The number of aromatic hydroxyl groups is 1. The molecule has 0 radical (unpaired) electrons. The van der Waals surface area contributed by atoms with Crippen molar-refractivity contribution >= 4 is 17.7 Å². The van der Waals surface area contributed by atoms with E-state index >= 15 is 0 Å². The van der Waals surface area contributed by atoms with Gasteiger partial charge in [-0.1, -0.05) is 72.1 Å². The van der Waals surface area contributed by atoms with Gasteiger partial charge in [0.15, 0.2) is 0 Å². The van der Waals surface area contributed by atoms with E-state index in [0.29, 0.717) is 48.5 Å². The van der Waals surface area contributed by atoms with Gasteiger partial charge in [0.2, 0.25) is 11.8 Å². The SMILES string of the molecule is C=C.CC#CCOc1ccc2c(c1)CN(C1CCC(=O)NC1=O)C2=O.Cc1ccc2c(c1)CCC(c1ccccc1)C2c1ccc(O)cc1. The van der Waals surface area contributed by atoms with Crippen LogP contribution in [0.3, 0.4) is 0 Å². The lowest BCUT2D eigenvalue weighted by molar-refractivity contribution is -0.136. The van der Waals surface area contributed by atoms with Crippen LogP contribution < -0.4 is 10.1 Å². The zero-order valence-electron chi connectivity index (χ0n) is 28.1. The highest BCUT2D eigenvalue weighted by Gasteiger charge is 2.39. The number of phenolic OH excluding ortho intramolecular Hbond substituents is 1. The molecule has 1 aliphatic carbocycles. The van der Waals surface area contributed by atoms with E-state index in [1.807, 2.05) is 0 Å². The first kappa shape index (κ1) is 34.7. The van der Waals surface area contributed by atoms with Crippen LogP contribution in [-0.2, 0) is 22.6 Å². The van der Waals surface area contributed by atoms with E-state index in [4.69, 9.17) is 4.74 Å². The van der Waals surface area contributed by atoms with E-state index in [2.05, 4.69) is 97.9 Å². The first-order chi connectivity index (χ1) is 23.8. The summed E-state index contributed by atoms with van der Waals surface area (Å²) >= 11 is 0. The molecule has 2 aliphatic heterocycles. The summed E-state index contributed by atoms with van der Waals surface area (Å²) in [6, 6.07) is 30.1. The van der Waals surface area contributed by atoms with Gasteiger partial charge in [-0.15, -0.1) is 19.1 Å². The Hall–Kier alpha value is -5.61. The molecule has 250 valence electrons. The zero-order chi connectivity index (χ0) is 34.9. The van der Waals surface area contributed by atoms with E-state index in [9.17, 15) is 19.5 Å². The van der Waals surface area contributed by atoms with Gasteiger partial charge in [-0.2, -0.15) is 0 Å². The molecule has 2 heterocycles. The van der Waals surface area contributed by atoms with Crippen LogP contribution >= 0.6 is 0 Å². The van der Waals surface area contributed by atoms with Crippen molar-refractivity contribution in [3.63, 3.8) is 0 Å². The molecule has 7 rings (SSSR count).